The minimum Gasteiger partial charge on any atom is -0.479 e. The molecule has 1 unspecified atom stereocenters. The fourth-order valence-electron chi connectivity index (χ4n) is 1.48. The zero-order valence-corrected chi connectivity index (χ0v) is 11.8. The molecular weight excluding hydrogens is 260 g/mol. The summed E-state index contributed by atoms with van der Waals surface area (Å²) in [6.45, 7) is 3.91. The van der Waals surface area contributed by atoms with Gasteiger partial charge in [-0.2, -0.15) is 0 Å². The number of carboxylic acid groups (broad SMARTS) is 1. The van der Waals surface area contributed by atoms with E-state index in [1.54, 1.807) is 37.4 Å². The maximum Gasteiger partial charge on any atom is 0.330 e. The third-order valence-corrected chi connectivity index (χ3v) is 2.88. The molecule has 1 atom stereocenters. The maximum absolute atomic E-state index is 11.8. The topological polar surface area (TPSA) is 87.7 Å². The van der Waals surface area contributed by atoms with Crippen molar-refractivity contribution < 1.29 is 19.4 Å². The third-order valence-electron chi connectivity index (χ3n) is 2.88. The lowest BCUT2D eigenvalue weighted by Crippen LogP contribution is -2.46. The number of carbonyl (C=O) groups excluding carboxylic acids is 1. The molecular formula is C14H20N2O4. The molecule has 1 aromatic carbocycles. The van der Waals surface area contributed by atoms with Gasteiger partial charge in [0.2, 0.25) is 0 Å². The van der Waals surface area contributed by atoms with Crippen molar-refractivity contribution in [2.45, 2.75) is 25.5 Å². The van der Waals surface area contributed by atoms with Crippen molar-refractivity contribution in [3.05, 3.63) is 35.9 Å². The molecule has 0 aromatic heterocycles. The molecule has 0 heterocycles. The first-order chi connectivity index (χ1) is 9.35. The second-order valence-electron chi connectivity index (χ2n) is 4.97. The molecule has 2 amide bonds. The molecule has 0 fully saturated rings. The summed E-state index contributed by atoms with van der Waals surface area (Å²) in [7, 11) is 1.55. The van der Waals surface area contributed by atoms with Gasteiger partial charge in [-0.25, -0.2) is 9.59 Å². The van der Waals surface area contributed by atoms with Crippen molar-refractivity contribution in [3.63, 3.8) is 0 Å². The zero-order valence-electron chi connectivity index (χ0n) is 11.8. The van der Waals surface area contributed by atoms with E-state index >= 15 is 0 Å². The Morgan fingerprint density at radius 1 is 1.30 bits per heavy atom. The number of urea groups is 1. The lowest BCUT2D eigenvalue weighted by atomic mass is 10.1. The van der Waals surface area contributed by atoms with Gasteiger partial charge in [-0.3, -0.25) is 0 Å². The van der Waals surface area contributed by atoms with Gasteiger partial charge in [-0.1, -0.05) is 30.3 Å². The molecule has 0 spiro atoms. The first kappa shape index (κ1) is 16.0. The Morgan fingerprint density at radius 3 is 2.40 bits per heavy atom. The summed E-state index contributed by atoms with van der Waals surface area (Å²) in [5.41, 5.74) is 0.00385. The summed E-state index contributed by atoms with van der Waals surface area (Å²) in [5.74, 6) is -1.11. The normalized spacial score (nSPS) is 12.6. The van der Waals surface area contributed by atoms with Gasteiger partial charge in [0.15, 0.2) is 6.04 Å². The summed E-state index contributed by atoms with van der Waals surface area (Å²) in [6, 6.07) is 6.89. The highest BCUT2D eigenvalue weighted by Crippen LogP contribution is 2.12. The molecule has 1 aromatic rings. The molecule has 0 saturated heterocycles. The van der Waals surface area contributed by atoms with Crippen LogP contribution in [0.2, 0.25) is 0 Å². The molecule has 6 heteroatoms. The van der Waals surface area contributed by atoms with Gasteiger partial charge >= 0.3 is 12.0 Å². The van der Waals surface area contributed by atoms with Crippen LogP contribution in [0, 0.1) is 0 Å². The van der Waals surface area contributed by atoms with Crippen LogP contribution in [0.1, 0.15) is 25.5 Å². The summed E-state index contributed by atoms with van der Waals surface area (Å²) >= 11 is 0. The van der Waals surface area contributed by atoms with E-state index in [2.05, 4.69) is 10.6 Å². The third kappa shape index (κ3) is 4.89. The van der Waals surface area contributed by atoms with Crippen molar-refractivity contribution in [2.24, 2.45) is 0 Å². The van der Waals surface area contributed by atoms with Crippen LogP contribution in [0.4, 0.5) is 4.79 Å². The largest absolute Gasteiger partial charge is 0.479 e. The number of ether oxygens (including phenoxy) is 1. The van der Waals surface area contributed by atoms with E-state index in [0.29, 0.717) is 5.56 Å². The van der Waals surface area contributed by atoms with E-state index < -0.39 is 23.6 Å². The minimum absolute atomic E-state index is 0.274. The van der Waals surface area contributed by atoms with Crippen LogP contribution >= 0.6 is 0 Å². The lowest BCUT2D eigenvalue weighted by Gasteiger charge is -2.24. The first-order valence-corrected chi connectivity index (χ1v) is 6.23. The second kappa shape index (κ2) is 6.91. The van der Waals surface area contributed by atoms with E-state index in [1.165, 1.54) is 0 Å². The van der Waals surface area contributed by atoms with Crippen molar-refractivity contribution >= 4 is 12.0 Å². The predicted octanol–water partition coefficient (Wildman–Crippen LogP) is 1.54. The van der Waals surface area contributed by atoms with E-state index in [1.807, 2.05) is 13.8 Å². The number of rotatable bonds is 6. The molecule has 3 N–H and O–H groups in total. The summed E-state index contributed by atoms with van der Waals surface area (Å²) in [4.78, 5) is 23.0. The van der Waals surface area contributed by atoms with Crippen LogP contribution in [0.5, 0.6) is 0 Å². The average Bonchev–Trinajstić information content (AvgIpc) is 2.43. The number of aliphatic carboxylic acids is 1. The molecule has 20 heavy (non-hydrogen) atoms. The van der Waals surface area contributed by atoms with Crippen LogP contribution in [0.3, 0.4) is 0 Å². The molecule has 0 saturated carbocycles. The maximum atomic E-state index is 11.8. The predicted molar refractivity (Wildman–Crippen MR) is 74.4 cm³/mol. The quantitative estimate of drug-likeness (QED) is 0.737. The SMILES string of the molecule is COC(C)(C)CNC(=O)NC(C(=O)O)c1ccccc1. The Balaban J connectivity index is 2.64. The van der Waals surface area contributed by atoms with Gasteiger partial charge in [0, 0.05) is 13.7 Å². The smallest absolute Gasteiger partial charge is 0.330 e. The lowest BCUT2D eigenvalue weighted by molar-refractivity contribution is -0.139. The van der Waals surface area contributed by atoms with Gasteiger partial charge in [0.1, 0.15) is 0 Å². The Labute approximate surface area is 118 Å². The monoisotopic (exact) mass is 280 g/mol. The number of benzene rings is 1. The molecule has 6 nitrogen and oxygen atoms in total. The van der Waals surface area contributed by atoms with Crippen molar-refractivity contribution in [3.8, 4) is 0 Å². The molecule has 110 valence electrons. The first-order valence-electron chi connectivity index (χ1n) is 6.23. The van der Waals surface area contributed by atoms with Crippen LogP contribution in [-0.2, 0) is 9.53 Å². The molecule has 1 rings (SSSR count). The van der Waals surface area contributed by atoms with E-state index in [9.17, 15) is 14.7 Å². The van der Waals surface area contributed by atoms with Crippen LogP contribution in [0.15, 0.2) is 30.3 Å². The summed E-state index contributed by atoms with van der Waals surface area (Å²) in [6.07, 6.45) is 0. The number of methoxy groups -OCH3 is 1. The fraction of sp³-hybridized carbons (Fsp3) is 0.429. The Hall–Kier alpha value is -2.08. The molecule has 0 radical (unpaired) electrons. The highest BCUT2D eigenvalue weighted by atomic mass is 16.5. The average molecular weight is 280 g/mol. The van der Waals surface area contributed by atoms with Gasteiger partial charge in [0.05, 0.1) is 5.60 Å². The second-order valence-corrected chi connectivity index (χ2v) is 4.97. The number of carbonyl (C=O) groups is 2. The van der Waals surface area contributed by atoms with Gasteiger partial charge in [-0.05, 0) is 19.4 Å². The van der Waals surface area contributed by atoms with Crippen LogP contribution in [-0.4, -0.2) is 36.4 Å². The molecule has 0 aliphatic carbocycles. The Kier molecular flexibility index (Phi) is 5.52. The van der Waals surface area contributed by atoms with E-state index in [0.717, 1.165) is 0 Å². The highest BCUT2D eigenvalue weighted by molar-refractivity contribution is 5.83. The number of carboxylic acids is 1. The zero-order chi connectivity index (χ0) is 15.2. The van der Waals surface area contributed by atoms with Gasteiger partial charge in [0.25, 0.3) is 0 Å². The molecule has 0 bridgehead atoms. The Bertz CT molecular complexity index is 460. The summed E-state index contributed by atoms with van der Waals surface area (Å²) in [5, 5.41) is 14.2. The van der Waals surface area contributed by atoms with Crippen LogP contribution < -0.4 is 10.6 Å². The van der Waals surface area contributed by atoms with Crippen LogP contribution in [0.25, 0.3) is 0 Å². The highest BCUT2D eigenvalue weighted by Gasteiger charge is 2.23. The number of nitrogens with one attached hydrogen (secondary N) is 2. The number of hydrogen-bond donors (Lipinski definition) is 3. The minimum atomic E-state index is -1.11. The van der Waals surface area contributed by atoms with Gasteiger partial charge in [-0.15, -0.1) is 0 Å². The van der Waals surface area contributed by atoms with E-state index in [4.69, 9.17) is 4.74 Å². The molecule has 0 aliphatic rings. The standard InChI is InChI=1S/C14H20N2O4/c1-14(2,20-3)9-15-13(19)16-11(12(17)18)10-7-5-4-6-8-10/h4-8,11H,9H2,1-3H3,(H,17,18)(H2,15,16,19). The fourth-order valence-corrected chi connectivity index (χ4v) is 1.48. The number of hydrogen-bond acceptors (Lipinski definition) is 3. The van der Waals surface area contributed by atoms with Gasteiger partial charge < -0.3 is 20.5 Å². The summed E-state index contributed by atoms with van der Waals surface area (Å²) < 4.78 is 5.17. The van der Waals surface area contributed by atoms with E-state index in [-0.39, 0.29) is 6.54 Å². The number of amides is 2. The van der Waals surface area contributed by atoms with Crippen molar-refractivity contribution in [2.75, 3.05) is 13.7 Å². The Morgan fingerprint density at radius 2 is 1.90 bits per heavy atom. The van der Waals surface area contributed by atoms with Crippen molar-refractivity contribution in [1.82, 2.24) is 10.6 Å². The molecule has 0 aliphatic heterocycles. The van der Waals surface area contributed by atoms with Crippen molar-refractivity contribution in [1.29, 1.82) is 0 Å².